The number of carbonyl (C=O) groups excluding carboxylic acids is 2. The Bertz CT molecular complexity index is 302. The molecule has 0 atom stereocenters. The molecule has 1 fully saturated rings. The van der Waals surface area contributed by atoms with E-state index >= 15 is 0 Å². The molecule has 0 aromatic rings. The molecule has 0 heterocycles. The third-order valence-corrected chi connectivity index (χ3v) is 2.47. The lowest BCUT2D eigenvalue weighted by Gasteiger charge is -2.20. The molecule has 0 aromatic carbocycles. The minimum atomic E-state index is -0.617. The highest BCUT2D eigenvalue weighted by Gasteiger charge is 2.34. The third kappa shape index (κ3) is 3.77. The van der Waals surface area contributed by atoms with E-state index < -0.39 is 11.8 Å². The molecule has 0 aliphatic heterocycles. The molecule has 0 unspecified atom stereocenters. The van der Waals surface area contributed by atoms with Crippen LogP contribution < -0.4 is 11.1 Å². The van der Waals surface area contributed by atoms with E-state index in [2.05, 4.69) is 17.5 Å². The highest BCUT2D eigenvalue weighted by molar-refractivity contribution is 7.80. The second-order valence-corrected chi connectivity index (χ2v) is 4.40. The zero-order valence-corrected chi connectivity index (χ0v) is 10.2. The molecule has 0 radical (unpaired) electrons. The first kappa shape index (κ1) is 12.9. The van der Waals surface area contributed by atoms with Gasteiger partial charge in [-0.3, -0.25) is 9.59 Å². The Balaban J connectivity index is 2.46. The van der Waals surface area contributed by atoms with E-state index in [1.165, 1.54) is 0 Å². The van der Waals surface area contributed by atoms with Gasteiger partial charge in [0.25, 0.3) is 0 Å². The molecule has 16 heavy (non-hydrogen) atoms. The van der Waals surface area contributed by atoms with Crippen molar-refractivity contribution in [3.8, 4) is 0 Å². The number of rotatable bonds is 5. The predicted octanol–water partition coefficient (Wildman–Crippen LogP) is -0.210. The first-order valence-corrected chi connectivity index (χ1v) is 5.84. The Kier molecular flexibility index (Phi) is 4.67. The lowest BCUT2D eigenvalue weighted by molar-refractivity contribution is -0.146. The fraction of sp³-hybridized carbons (Fsp3) is 0.700. The summed E-state index contributed by atoms with van der Waals surface area (Å²) >= 11 is 4.62. The van der Waals surface area contributed by atoms with Crippen molar-refractivity contribution < 1.29 is 9.59 Å². The second kappa shape index (κ2) is 5.79. The van der Waals surface area contributed by atoms with Gasteiger partial charge < -0.3 is 16.0 Å². The first-order chi connectivity index (χ1) is 7.56. The van der Waals surface area contributed by atoms with Crippen molar-refractivity contribution in [3.05, 3.63) is 0 Å². The van der Waals surface area contributed by atoms with E-state index in [-0.39, 0.29) is 17.6 Å². The second-order valence-electron chi connectivity index (χ2n) is 3.88. The van der Waals surface area contributed by atoms with E-state index in [1.807, 2.05) is 6.92 Å². The van der Waals surface area contributed by atoms with Crippen molar-refractivity contribution in [1.82, 2.24) is 10.2 Å². The van der Waals surface area contributed by atoms with Crippen molar-refractivity contribution in [1.29, 1.82) is 0 Å². The SMILES string of the molecule is CCCN(C(=O)C(=O)NCC(N)=S)C1CC1. The van der Waals surface area contributed by atoms with E-state index in [4.69, 9.17) is 5.73 Å². The van der Waals surface area contributed by atoms with Gasteiger partial charge in [0.15, 0.2) is 0 Å². The summed E-state index contributed by atoms with van der Waals surface area (Å²) in [6.45, 7) is 2.68. The molecule has 1 rings (SSSR count). The highest BCUT2D eigenvalue weighted by Crippen LogP contribution is 2.26. The zero-order valence-electron chi connectivity index (χ0n) is 9.36. The summed E-state index contributed by atoms with van der Waals surface area (Å²) in [6, 6.07) is 0.253. The molecular formula is C10H17N3O2S. The van der Waals surface area contributed by atoms with Crippen LogP contribution >= 0.6 is 12.2 Å². The van der Waals surface area contributed by atoms with Gasteiger partial charge in [-0.05, 0) is 19.3 Å². The maximum absolute atomic E-state index is 11.8. The number of amides is 2. The van der Waals surface area contributed by atoms with Crippen LogP contribution in [-0.4, -0.2) is 40.8 Å². The van der Waals surface area contributed by atoms with E-state index in [9.17, 15) is 9.59 Å². The van der Waals surface area contributed by atoms with Gasteiger partial charge in [-0.15, -0.1) is 0 Å². The number of nitrogens with two attached hydrogens (primary N) is 1. The van der Waals surface area contributed by atoms with Crippen LogP contribution in [0.3, 0.4) is 0 Å². The summed E-state index contributed by atoms with van der Waals surface area (Å²) < 4.78 is 0. The Morgan fingerprint density at radius 1 is 1.50 bits per heavy atom. The van der Waals surface area contributed by atoms with E-state index in [1.54, 1.807) is 4.90 Å². The molecule has 0 spiro atoms. The molecule has 1 aliphatic rings. The van der Waals surface area contributed by atoms with Crippen LogP contribution in [0.15, 0.2) is 0 Å². The molecule has 1 saturated carbocycles. The van der Waals surface area contributed by atoms with E-state index in [0.717, 1.165) is 19.3 Å². The third-order valence-electron chi connectivity index (χ3n) is 2.33. The molecule has 90 valence electrons. The smallest absolute Gasteiger partial charge is 0.312 e. The maximum atomic E-state index is 11.8. The summed E-state index contributed by atoms with van der Waals surface area (Å²) in [6.07, 6.45) is 2.84. The number of carbonyl (C=O) groups is 2. The van der Waals surface area contributed by atoms with Crippen LogP contribution in [0.2, 0.25) is 0 Å². The zero-order chi connectivity index (χ0) is 12.1. The Hall–Kier alpha value is -1.17. The van der Waals surface area contributed by atoms with Crippen molar-refractivity contribution in [2.75, 3.05) is 13.1 Å². The molecule has 6 heteroatoms. The van der Waals surface area contributed by atoms with Crippen LogP contribution in [0.5, 0.6) is 0 Å². The van der Waals surface area contributed by atoms with Crippen LogP contribution in [-0.2, 0) is 9.59 Å². The van der Waals surface area contributed by atoms with Gasteiger partial charge in [-0.25, -0.2) is 0 Å². The highest BCUT2D eigenvalue weighted by atomic mass is 32.1. The lowest BCUT2D eigenvalue weighted by Crippen LogP contribution is -2.46. The average Bonchev–Trinajstić information content (AvgIpc) is 3.05. The Morgan fingerprint density at radius 2 is 2.12 bits per heavy atom. The maximum Gasteiger partial charge on any atom is 0.312 e. The predicted molar refractivity (Wildman–Crippen MR) is 64.8 cm³/mol. The van der Waals surface area contributed by atoms with Crippen molar-refractivity contribution >= 4 is 29.0 Å². The monoisotopic (exact) mass is 243 g/mol. The minimum Gasteiger partial charge on any atom is -0.392 e. The minimum absolute atomic E-state index is 0.0739. The van der Waals surface area contributed by atoms with Crippen LogP contribution in [0, 0.1) is 0 Å². The van der Waals surface area contributed by atoms with Gasteiger partial charge in [0.2, 0.25) is 0 Å². The van der Waals surface area contributed by atoms with Gasteiger partial charge in [-0.1, -0.05) is 19.1 Å². The molecule has 2 amide bonds. The van der Waals surface area contributed by atoms with Crippen LogP contribution in [0.25, 0.3) is 0 Å². The summed E-state index contributed by atoms with van der Waals surface area (Å²) in [5.41, 5.74) is 5.24. The summed E-state index contributed by atoms with van der Waals surface area (Å²) in [7, 11) is 0. The largest absolute Gasteiger partial charge is 0.392 e. The molecular weight excluding hydrogens is 226 g/mol. The fourth-order valence-electron chi connectivity index (χ4n) is 1.45. The quantitative estimate of drug-likeness (QED) is 0.517. The van der Waals surface area contributed by atoms with Crippen LogP contribution in [0.1, 0.15) is 26.2 Å². The van der Waals surface area contributed by atoms with Crippen molar-refractivity contribution in [2.24, 2.45) is 5.73 Å². The molecule has 5 nitrogen and oxygen atoms in total. The fourth-order valence-corrected chi connectivity index (χ4v) is 1.52. The van der Waals surface area contributed by atoms with Gasteiger partial charge in [0.05, 0.1) is 11.5 Å². The number of hydrogen-bond donors (Lipinski definition) is 2. The standard InChI is InChI=1S/C10H17N3O2S/c1-2-5-13(7-3-4-7)10(15)9(14)12-6-8(11)16/h7H,2-6H2,1H3,(H2,11,16)(H,12,14). The first-order valence-electron chi connectivity index (χ1n) is 5.43. The van der Waals surface area contributed by atoms with E-state index in [0.29, 0.717) is 6.54 Å². The normalized spacial score (nSPS) is 14.3. The van der Waals surface area contributed by atoms with Crippen molar-refractivity contribution in [3.63, 3.8) is 0 Å². The number of nitrogens with zero attached hydrogens (tertiary/aromatic N) is 1. The molecule has 0 bridgehead atoms. The van der Waals surface area contributed by atoms with Crippen LogP contribution in [0.4, 0.5) is 0 Å². The lowest BCUT2D eigenvalue weighted by atomic mass is 10.3. The molecule has 0 aromatic heterocycles. The van der Waals surface area contributed by atoms with Crippen molar-refractivity contribution in [2.45, 2.75) is 32.2 Å². The van der Waals surface area contributed by atoms with Gasteiger partial charge in [0.1, 0.15) is 0 Å². The number of thiocarbonyl (C=S) groups is 1. The summed E-state index contributed by atoms with van der Waals surface area (Å²) in [5, 5.41) is 2.41. The van der Waals surface area contributed by atoms with Gasteiger partial charge >= 0.3 is 11.8 Å². The molecule has 1 aliphatic carbocycles. The van der Waals surface area contributed by atoms with Gasteiger partial charge in [0, 0.05) is 12.6 Å². The molecule has 3 N–H and O–H groups in total. The Labute approximate surface area is 100 Å². The number of nitrogens with one attached hydrogen (secondary N) is 1. The molecule has 0 saturated heterocycles. The topological polar surface area (TPSA) is 75.4 Å². The van der Waals surface area contributed by atoms with Gasteiger partial charge in [-0.2, -0.15) is 0 Å². The number of hydrogen-bond acceptors (Lipinski definition) is 3. The summed E-state index contributed by atoms with van der Waals surface area (Å²) in [4.78, 5) is 25.0. The summed E-state index contributed by atoms with van der Waals surface area (Å²) in [5.74, 6) is -1.09. The average molecular weight is 243 g/mol. The Morgan fingerprint density at radius 3 is 2.56 bits per heavy atom.